The largest absolute Gasteiger partial charge is 0.490 e. The first kappa shape index (κ1) is 21.8. The minimum Gasteiger partial charge on any atom is -0.490 e. The van der Waals surface area contributed by atoms with Crippen LogP contribution in [-0.4, -0.2) is 27.6 Å². The van der Waals surface area contributed by atoms with E-state index in [2.05, 4.69) is 32.1 Å². The molecule has 2 aromatic carbocycles. The first-order chi connectivity index (χ1) is 14.3. The van der Waals surface area contributed by atoms with Crippen molar-refractivity contribution in [3.05, 3.63) is 64.8 Å². The fraction of sp³-hybridized carbons (Fsp3) is 0.190. The molecule has 0 aliphatic heterocycles. The second kappa shape index (κ2) is 9.73. The number of carbonyl (C=O) groups is 2. The molecule has 0 atom stereocenters. The van der Waals surface area contributed by atoms with Gasteiger partial charge in [-0.2, -0.15) is 0 Å². The van der Waals surface area contributed by atoms with E-state index < -0.39 is 5.91 Å². The van der Waals surface area contributed by atoms with Crippen molar-refractivity contribution in [3.8, 4) is 5.75 Å². The highest BCUT2D eigenvalue weighted by molar-refractivity contribution is 9.10. The number of rotatable bonds is 5. The van der Waals surface area contributed by atoms with Crippen LogP contribution in [0.4, 0.5) is 0 Å². The Bertz CT molecular complexity index is 1100. The van der Waals surface area contributed by atoms with Crippen molar-refractivity contribution in [3.63, 3.8) is 0 Å². The van der Waals surface area contributed by atoms with Crippen LogP contribution in [0.3, 0.4) is 0 Å². The van der Waals surface area contributed by atoms with Gasteiger partial charge in [0.25, 0.3) is 11.8 Å². The van der Waals surface area contributed by atoms with Crippen LogP contribution < -0.4 is 20.9 Å². The lowest BCUT2D eigenvalue weighted by molar-refractivity contribution is -0.122. The van der Waals surface area contributed by atoms with Crippen LogP contribution in [0.15, 0.2) is 59.2 Å². The SMILES string of the molecule is CC(C)Oc1ccc(C(=O)NC(=S)NNC(=O)Cn2ccc3ccccc32)cc1Br. The number of hydrazine groups is 1. The summed E-state index contributed by atoms with van der Waals surface area (Å²) in [6.45, 7) is 3.95. The molecule has 9 heteroatoms. The maximum Gasteiger partial charge on any atom is 0.258 e. The van der Waals surface area contributed by atoms with Gasteiger partial charge in [-0.25, -0.2) is 0 Å². The lowest BCUT2D eigenvalue weighted by atomic mass is 10.2. The summed E-state index contributed by atoms with van der Waals surface area (Å²) in [5, 5.41) is 3.57. The highest BCUT2D eigenvalue weighted by atomic mass is 79.9. The second-order valence-electron chi connectivity index (χ2n) is 6.77. The number of benzene rings is 2. The summed E-state index contributed by atoms with van der Waals surface area (Å²) in [5.74, 6) is -0.0621. The fourth-order valence-electron chi connectivity index (χ4n) is 2.80. The predicted octanol–water partition coefficient (Wildman–Crippen LogP) is 3.53. The molecule has 3 rings (SSSR count). The smallest absolute Gasteiger partial charge is 0.258 e. The molecule has 7 nitrogen and oxygen atoms in total. The number of halogens is 1. The molecule has 3 N–H and O–H groups in total. The number of carbonyl (C=O) groups excluding carboxylic acids is 2. The molecule has 0 bridgehead atoms. The Morgan fingerprint density at radius 2 is 1.90 bits per heavy atom. The average molecular weight is 489 g/mol. The molecule has 0 spiro atoms. The molecule has 30 heavy (non-hydrogen) atoms. The number of nitrogens with zero attached hydrogens (tertiary/aromatic N) is 1. The van der Waals surface area contributed by atoms with Crippen LogP contribution in [0.5, 0.6) is 5.75 Å². The number of fused-ring (bicyclic) bond motifs is 1. The van der Waals surface area contributed by atoms with E-state index in [0.717, 1.165) is 10.9 Å². The molecule has 0 unspecified atom stereocenters. The molecule has 1 aromatic heterocycles. The molecule has 0 radical (unpaired) electrons. The number of hydrogen-bond donors (Lipinski definition) is 3. The Labute approximate surface area is 187 Å². The Hall–Kier alpha value is -2.91. The van der Waals surface area contributed by atoms with Gasteiger partial charge in [0, 0.05) is 17.3 Å². The lowest BCUT2D eigenvalue weighted by Crippen LogP contribution is -2.49. The quantitative estimate of drug-likeness (QED) is 0.377. The maximum absolute atomic E-state index is 12.4. The third-order valence-corrected chi connectivity index (χ3v) is 4.92. The minimum atomic E-state index is -0.407. The van der Waals surface area contributed by atoms with Crippen LogP contribution in [0.2, 0.25) is 0 Å². The third-order valence-electron chi connectivity index (χ3n) is 4.09. The molecule has 1 heterocycles. The summed E-state index contributed by atoms with van der Waals surface area (Å²) >= 11 is 8.48. The van der Waals surface area contributed by atoms with E-state index in [1.54, 1.807) is 18.2 Å². The van der Waals surface area contributed by atoms with Gasteiger partial charge in [-0.3, -0.25) is 25.8 Å². The topological polar surface area (TPSA) is 84.4 Å². The number of hydrogen-bond acceptors (Lipinski definition) is 4. The van der Waals surface area contributed by atoms with Gasteiger partial charge in [0.15, 0.2) is 5.11 Å². The highest BCUT2D eigenvalue weighted by Crippen LogP contribution is 2.26. The summed E-state index contributed by atoms with van der Waals surface area (Å²) in [6.07, 6.45) is 1.86. The van der Waals surface area contributed by atoms with Crippen molar-refractivity contribution in [2.24, 2.45) is 0 Å². The molecule has 0 aliphatic rings. The molecule has 0 saturated carbocycles. The van der Waals surface area contributed by atoms with E-state index in [1.807, 2.05) is 54.9 Å². The zero-order valence-electron chi connectivity index (χ0n) is 16.4. The van der Waals surface area contributed by atoms with E-state index in [-0.39, 0.29) is 23.7 Å². The van der Waals surface area contributed by atoms with Gasteiger partial charge in [0.1, 0.15) is 12.3 Å². The van der Waals surface area contributed by atoms with Gasteiger partial charge in [-0.1, -0.05) is 18.2 Å². The fourth-order valence-corrected chi connectivity index (χ4v) is 3.41. The lowest BCUT2D eigenvalue weighted by Gasteiger charge is -2.13. The van der Waals surface area contributed by atoms with Crippen LogP contribution in [0, 0.1) is 0 Å². The molecule has 2 amide bonds. The number of thiocarbonyl (C=S) groups is 1. The molecule has 3 aromatic rings. The van der Waals surface area contributed by atoms with Crippen molar-refractivity contribution >= 4 is 56.0 Å². The minimum absolute atomic E-state index is 0.00987. The summed E-state index contributed by atoms with van der Waals surface area (Å²) < 4.78 is 8.12. The Morgan fingerprint density at radius 3 is 2.63 bits per heavy atom. The Kier molecular flexibility index (Phi) is 7.07. The van der Waals surface area contributed by atoms with Gasteiger partial charge < -0.3 is 9.30 Å². The van der Waals surface area contributed by atoms with Crippen molar-refractivity contribution in [2.45, 2.75) is 26.5 Å². The van der Waals surface area contributed by atoms with Crippen molar-refractivity contribution < 1.29 is 14.3 Å². The van der Waals surface area contributed by atoms with Gasteiger partial charge in [-0.05, 0) is 77.7 Å². The predicted molar refractivity (Wildman–Crippen MR) is 123 cm³/mol. The van der Waals surface area contributed by atoms with Crippen LogP contribution in [-0.2, 0) is 11.3 Å². The summed E-state index contributed by atoms with van der Waals surface area (Å²) in [6, 6.07) is 14.7. The molecule has 0 aliphatic carbocycles. The third kappa shape index (κ3) is 5.58. The number of nitrogens with one attached hydrogen (secondary N) is 3. The van der Waals surface area contributed by atoms with Crippen LogP contribution in [0.1, 0.15) is 24.2 Å². The van der Waals surface area contributed by atoms with E-state index >= 15 is 0 Å². The molecule has 0 fully saturated rings. The Balaban J connectivity index is 1.51. The highest BCUT2D eigenvalue weighted by Gasteiger charge is 2.12. The average Bonchev–Trinajstić information content (AvgIpc) is 3.10. The van der Waals surface area contributed by atoms with E-state index in [9.17, 15) is 9.59 Å². The monoisotopic (exact) mass is 488 g/mol. The zero-order chi connectivity index (χ0) is 21.7. The van der Waals surface area contributed by atoms with Gasteiger partial charge in [-0.15, -0.1) is 0 Å². The van der Waals surface area contributed by atoms with Gasteiger partial charge >= 0.3 is 0 Å². The maximum atomic E-state index is 12.4. The summed E-state index contributed by atoms with van der Waals surface area (Å²) in [7, 11) is 0. The zero-order valence-corrected chi connectivity index (χ0v) is 18.8. The molecular weight excluding hydrogens is 468 g/mol. The summed E-state index contributed by atoms with van der Waals surface area (Å²) in [5.41, 5.74) is 6.39. The van der Waals surface area contributed by atoms with Crippen LogP contribution in [0.25, 0.3) is 10.9 Å². The number of amides is 2. The van der Waals surface area contributed by atoms with E-state index in [0.29, 0.717) is 15.8 Å². The van der Waals surface area contributed by atoms with E-state index in [4.69, 9.17) is 17.0 Å². The van der Waals surface area contributed by atoms with Crippen molar-refractivity contribution in [1.29, 1.82) is 0 Å². The summed E-state index contributed by atoms with van der Waals surface area (Å²) in [4.78, 5) is 24.6. The first-order valence-electron chi connectivity index (χ1n) is 9.23. The standard InChI is InChI=1S/C21H21BrN4O3S/c1-13(2)29-18-8-7-15(11-16(18)22)20(28)23-21(30)25-24-19(27)12-26-10-9-14-5-3-4-6-17(14)26/h3-11,13H,12H2,1-2H3,(H,24,27)(H2,23,25,28,30). The second-order valence-corrected chi connectivity index (χ2v) is 8.03. The normalized spacial score (nSPS) is 10.7. The first-order valence-corrected chi connectivity index (χ1v) is 10.4. The van der Waals surface area contributed by atoms with Crippen molar-refractivity contribution in [2.75, 3.05) is 0 Å². The van der Waals surface area contributed by atoms with Gasteiger partial charge in [0.05, 0.1) is 10.6 Å². The van der Waals surface area contributed by atoms with Crippen molar-refractivity contribution in [1.82, 2.24) is 20.7 Å². The Morgan fingerprint density at radius 1 is 1.13 bits per heavy atom. The number of para-hydroxylation sites is 1. The van der Waals surface area contributed by atoms with Gasteiger partial charge in [0.2, 0.25) is 0 Å². The molecule has 0 saturated heterocycles. The molecule has 156 valence electrons. The number of ether oxygens (including phenoxy) is 1. The number of aromatic nitrogens is 1. The molecular formula is C21H21BrN4O3S. The van der Waals surface area contributed by atoms with Crippen LogP contribution >= 0.6 is 28.1 Å². The van der Waals surface area contributed by atoms with E-state index in [1.165, 1.54) is 0 Å².